The minimum atomic E-state index is -0.702. The van der Waals surface area contributed by atoms with E-state index in [1.807, 2.05) is 68.4 Å². The molecule has 0 saturated heterocycles. The van der Waals surface area contributed by atoms with Crippen molar-refractivity contribution in [2.45, 2.75) is 51.7 Å². The highest BCUT2D eigenvalue weighted by Gasteiger charge is 2.31. The third-order valence-electron chi connectivity index (χ3n) is 6.55. The summed E-state index contributed by atoms with van der Waals surface area (Å²) in [6.07, 6.45) is 1.22. The van der Waals surface area contributed by atoms with E-state index in [1.54, 1.807) is 17.0 Å². The summed E-state index contributed by atoms with van der Waals surface area (Å²) in [5, 5.41) is 6.28. The van der Waals surface area contributed by atoms with Gasteiger partial charge in [-0.25, -0.2) is 0 Å². The normalized spacial score (nSPS) is 11.9. The Balaban J connectivity index is 1.67. The molecular weight excluding hydrogens is 515 g/mol. The summed E-state index contributed by atoms with van der Waals surface area (Å²) < 4.78 is 0. The topological polar surface area (TPSA) is 49.4 Å². The Morgan fingerprint density at radius 2 is 1.55 bits per heavy atom. The molecule has 0 bridgehead atoms. The lowest BCUT2D eigenvalue weighted by Crippen LogP contribution is -2.51. The van der Waals surface area contributed by atoms with Crippen molar-refractivity contribution in [1.29, 1.82) is 0 Å². The van der Waals surface area contributed by atoms with Gasteiger partial charge in [-0.3, -0.25) is 9.59 Å². The lowest BCUT2D eigenvalue weighted by Gasteiger charge is -2.32. The zero-order chi connectivity index (χ0) is 27.1. The summed E-state index contributed by atoms with van der Waals surface area (Å²) in [6, 6.07) is 28.5. The molecule has 0 saturated carbocycles. The molecule has 4 aromatic rings. The van der Waals surface area contributed by atoms with E-state index in [2.05, 4.69) is 29.6 Å². The average molecular weight is 548 g/mol. The second-order valence-electron chi connectivity index (χ2n) is 9.76. The number of halogens is 2. The van der Waals surface area contributed by atoms with Crippen molar-refractivity contribution in [2.24, 2.45) is 0 Å². The fourth-order valence-electron chi connectivity index (χ4n) is 4.66. The lowest BCUT2D eigenvalue weighted by atomic mass is 9.99. The number of fused-ring (bicyclic) bond motifs is 1. The van der Waals surface area contributed by atoms with Crippen molar-refractivity contribution in [2.75, 3.05) is 0 Å². The molecule has 0 aromatic heterocycles. The molecule has 4 nitrogen and oxygen atoms in total. The number of carbonyl (C=O) groups excluding carboxylic acids is 2. The molecular formula is C32H32Cl2N2O2. The minimum absolute atomic E-state index is 0.0625. The zero-order valence-corrected chi connectivity index (χ0v) is 23.2. The highest BCUT2D eigenvalue weighted by atomic mass is 35.5. The molecule has 0 aliphatic rings. The molecule has 196 valence electrons. The molecule has 4 rings (SSSR count). The third kappa shape index (κ3) is 7.15. The van der Waals surface area contributed by atoms with Crippen LogP contribution in [0.2, 0.25) is 10.0 Å². The summed E-state index contributed by atoms with van der Waals surface area (Å²) in [5.74, 6) is -0.295. The number of nitrogens with one attached hydrogen (secondary N) is 1. The summed E-state index contributed by atoms with van der Waals surface area (Å²) >= 11 is 12.7. The fraction of sp³-hybridized carbons (Fsp3) is 0.250. The first kappa shape index (κ1) is 27.7. The third-order valence-corrected chi connectivity index (χ3v) is 7.13. The van der Waals surface area contributed by atoms with Crippen LogP contribution in [0.5, 0.6) is 0 Å². The van der Waals surface area contributed by atoms with E-state index >= 15 is 0 Å². The highest BCUT2D eigenvalue weighted by Crippen LogP contribution is 2.25. The molecule has 38 heavy (non-hydrogen) atoms. The number of hydrogen-bond donors (Lipinski definition) is 1. The monoisotopic (exact) mass is 546 g/mol. The molecule has 0 heterocycles. The van der Waals surface area contributed by atoms with Gasteiger partial charge in [-0.15, -0.1) is 0 Å². The first-order valence-electron chi connectivity index (χ1n) is 12.9. The molecule has 6 heteroatoms. The molecule has 1 atom stereocenters. The first-order valence-corrected chi connectivity index (χ1v) is 13.6. The van der Waals surface area contributed by atoms with E-state index in [0.29, 0.717) is 22.9 Å². The molecule has 1 unspecified atom stereocenters. The Morgan fingerprint density at radius 3 is 2.29 bits per heavy atom. The fourth-order valence-corrected chi connectivity index (χ4v) is 5.13. The van der Waals surface area contributed by atoms with E-state index < -0.39 is 6.04 Å². The highest BCUT2D eigenvalue weighted by molar-refractivity contribution is 6.35. The number of amides is 2. The van der Waals surface area contributed by atoms with Gasteiger partial charge >= 0.3 is 0 Å². The Bertz CT molecular complexity index is 1400. The van der Waals surface area contributed by atoms with Crippen LogP contribution >= 0.6 is 23.2 Å². The molecule has 2 amide bonds. The van der Waals surface area contributed by atoms with Gasteiger partial charge in [-0.05, 0) is 59.9 Å². The van der Waals surface area contributed by atoms with Crippen LogP contribution in [0.3, 0.4) is 0 Å². The van der Waals surface area contributed by atoms with E-state index in [-0.39, 0.29) is 30.8 Å². The van der Waals surface area contributed by atoms with Crippen molar-refractivity contribution in [1.82, 2.24) is 10.2 Å². The van der Waals surface area contributed by atoms with Crippen LogP contribution in [-0.2, 0) is 29.0 Å². The summed E-state index contributed by atoms with van der Waals surface area (Å²) in [4.78, 5) is 29.1. The van der Waals surface area contributed by atoms with Gasteiger partial charge in [0.05, 0.1) is 0 Å². The SMILES string of the molecule is CC(C)NC(=O)C(Cc1ccccc1)N(Cc1ccc(Cl)cc1Cl)C(=O)CCc1cccc2ccccc12. The maximum atomic E-state index is 13.9. The van der Waals surface area contributed by atoms with Crippen LogP contribution in [0.15, 0.2) is 91.0 Å². The standard InChI is InChI=1S/C32H32Cl2N2O2/c1-22(2)35-32(38)30(19-23-9-4-3-5-10-23)36(21-26-15-17-27(33)20-29(26)34)31(37)18-16-25-13-8-12-24-11-6-7-14-28(24)25/h3-15,17,20,22,30H,16,18-19,21H2,1-2H3,(H,35,38). The van der Waals surface area contributed by atoms with Crippen molar-refractivity contribution >= 4 is 45.8 Å². The van der Waals surface area contributed by atoms with Gasteiger partial charge in [-0.1, -0.05) is 102 Å². The summed E-state index contributed by atoms with van der Waals surface area (Å²) in [6.45, 7) is 4.04. The van der Waals surface area contributed by atoms with Crippen molar-refractivity contribution in [3.8, 4) is 0 Å². The van der Waals surface area contributed by atoms with Crippen LogP contribution < -0.4 is 5.32 Å². The molecule has 0 aliphatic heterocycles. The van der Waals surface area contributed by atoms with Crippen molar-refractivity contribution in [3.63, 3.8) is 0 Å². The second-order valence-corrected chi connectivity index (χ2v) is 10.6. The Morgan fingerprint density at radius 1 is 0.842 bits per heavy atom. The predicted molar refractivity (Wildman–Crippen MR) is 156 cm³/mol. The maximum Gasteiger partial charge on any atom is 0.243 e. The predicted octanol–water partition coefficient (Wildman–Crippen LogP) is 7.24. The quantitative estimate of drug-likeness (QED) is 0.228. The average Bonchev–Trinajstić information content (AvgIpc) is 2.90. The van der Waals surface area contributed by atoms with Crippen LogP contribution in [-0.4, -0.2) is 28.8 Å². The van der Waals surface area contributed by atoms with Gasteiger partial charge in [0.1, 0.15) is 6.04 Å². The van der Waals surface area contributed by atoms with Gasteiger partial charge in [0.2, 0.25) is 11.8 Å². The number of hydrogen-bond acceptors (Lipinski definition) is 2. The van der Waals surface area contributed by atoms with Gasteiger partial charge in [-0.2, -0.15) is 0 Å². The molecule has 0 aliphatic carbocycles. The van der Waals surface area contributed by atoms with Crippen LogP contribution in [0, 0.1) is 0 Å². The second kappa shape index (κ2) is 12.9. The number of benzene rings is 4. The molecule has 0 spiro atoms. The van der Waals surface area contributed by atoms with E-state index in [0.717, 1.165) is 27.5 Å². The van der Waals surface area contributed by atoms with E-state index in [1.165, 1.54) is 0 Å². The van der Waals surface area contributed by atoms with Gasteiger partial charge in [0, 0.05) is 35.5 Å². The lowest BCUT2D eigenvalue weighted by molar-refractivity contribution is -0.141. The largest absolute Gasteiger partial charge is 0.352 e. The number of nitrogens with zero attached hydrogens (tertiary/aromatic N) is 1. The molecule has 4 aromatic carbocycles. The summed E-state index contributed by atoms with van der Waals surface area (Å²) in [7, 11) is 0. The van der Waals surface area contributed by atoms with E-state index in [9.17, 15) is 9.59 Å². The van der Waals surface area contributed by atoms with Crippen LogP contribution in [0.4, 0.5) is 0 Å². The molecule has 1 N–H and O–H groups in total. The first-order chi connectivity index (χ1) is 18.3. The van der Waals surface area contributed by atoms with Crippen LogP contribution in [0.1, 0.15) is 37.0 Å². The van der Waals surface area contributed by atoms with E-state index in [4.69, 9.17) is 23.2 Å². The minimum Gasteiger partial charge on any atom is -0.352 e. The van der Waals surface area contributed by atoms with Gasteiger partial charge < -0.3 is 10.2 Å². The summed E-state index contributed by atoms with van der Waals surface area (Å²) in [5.41, 5.74) is 2.82. The Labute approximate surface area is 234 Å². The molecule has 0 fully saturated rings. The number of carbonyl (C=O) groups is 2. The van der Waals surface area contributed by atoms with Crippen molar-refractivity contribution < 1.29 is 9.59 Å². The Hall–Kier alpha value is -3.34. The Kier molecular flexibility index (Phi) is 9.43. The smallest absolute Gasteiger partial charge is 0.243 e. The van der Waals surface area contributed by atoms with Gasteiger partial charge in [0.25, 0.3) is 0 Å². The molecule has 0 radical (unpaired) electrons. The van der Waals surface area contributed by atoms with Gasteiger partial charge in [0.15, 0.2) is 0 Å². The number of aryl methyl sites for hydroxylation is 1. The zero-order valence-electron chi connectivity index (χ0n) is 21.7. The number of rotatable bonds is 10. The van der Waals surface area contributed by atoms with Crippen LogP contribution in [0.25, 0.3) is 10.8 Å². The maximum absolute atomic E-state index is 13.9. The van der Waals surface area contributed by atoms with Crippen molar-refractivity contribution in [3.05, 3.63) is 118 Å².